The van der Waals surface area contributed by atoms with Gasteiger partial charge in [0.25, 0.3) is 0 Å². The number of carbonyl (C=O) groups excluding carboxylic acids is 1. The molecular weight excluding hydrogens is 447 g/mol. The van der Waals surface area contributed by atoms with Crippen molar-refractivity contribution in [2.75, 3.05) is 19.6 Å². The van der Waals surface area contributed by atoms with Crippen molar-refractivity contribution in [3.05, 3.63) is 52.9 Å². The SMILES string of the molecule is Cc1noc(C)c1CNC(=O)CCC[C@H]1NC[C@@H]2C[C@@H]1CN(Cc1ccccc1)C2.Cl.Cl. The first-order chi connectivity index (χ1) is 14.6. The number of aromatic nitrogens is 1. The van der Waals surface area contributed by atoms with Crippen LogP contribution < -0.4 is 10.6 Å². The molecule has 2 aliphatic heterocycles. The van der Waals surface area contributed by atoms with Gasteiger partial charge in [-0.1, -0.05) is 35.5 Å². The molecule has 1 aromatic heterocycles. The minimum absolute atomic E-state index is 0. The van der Waals surface area contributed by atoms with Crippen LogP contribution in [0.3, 0.4) is 0 Å². The number of hydrogen-bond acceptors (Lipinski definition) is 5. The first-order valence-electron chi connectivity index (χ1n) is 11.3. The maximum Gasteiger partial charge on any atom is 0.220 e. The highest BCUT2D eigenvalue weighted by Gasteiger charge is 2.36. The van der Waals surface area contributed by atoms with Crippen LogP contribution in [0.1, 0.15) is 48.3 Å². The third kappa shape index (κ3) is 6.95. The molecule has 1 amide bonds. The number of aryl methyl sites for hydroxylation is 2. The number of halogens is 2. The number of fused-ring (bicyclic) bond motifs is 2. The lowest BCUT2D eigenvalue weighted by molar-refractivity contribution is -0.121. The van der Waals surface area contributed by atoms with Gasteiger partial charge in [0, 0.05) is 44.2 Å². The molecule has 6 nitrogen and oxygen atoms in total. The Hall–Kier alpha value is -1.60. The largest absolute Gasteiger partial charge is 0.361 e. The van der Waals surface area contributed by atoms with Gasteiger partial charge in [0.2, 0.25) is 5.91 Å². The number of likely N-dealkylation sites (tertiary alicyclic amines) is 1. The molecule has 0 radical (unpaired) electrons. The predicted molar refractivity (Wildman–Crippen MR) is 131 cm³/mol. The molecule has 4 rings (SSSR count). The summed E-state index contributed by atoms with van der Waals surface area (Å²) in [5.74, 6) is 2.33. The molecule has 1 aromatic carbocycles. The smallest absolute Gasteiger partial charge is 0.220 e. The second-order valence-electron chi connectivity index (χ2n) is 9.03. The molecule has 178 valence electrons. The van der Waals surface area contributed by atoms with Crippen molar-refractivity contribution in [1.82, 2.24) is 20.7 Å². The number of piperidine rings is 2. The fourth-order valence-electron chi connectivity index (χ4n) is 5.09. The molecule has 8 heteroatoms. The average molecular weight is 483 g/mol. The fraction of sp³-hybridized carbons (Fsp3) is 0.583. The molecule has 32 heavy (non-hydrogen) atoms. The number of amides is 1. The molecule has 2 aromatic rings. The van der Waals surface area contributed by atoms with Crippen molar-refractivity contribution in [1.29, 1.82) is 0 Å². The van der Waals surface area contributed by atoms with Gasteiger partial charge in [-0.05, 0) is 57.1 Å². The highest BCUT2D eigenvalue weighted by molar-refractivity contribution is 5.85. The van der Waals surface area contributed by atoms with Crippen molar-refractivity contribution in [2.45, 2.75) is 58.7 Å². The second kappa shape index (κ2) is 12.6. The molecule has 2 saturated heterocycles. The van der Waals surface area contributed by atoms with E-state index in [0.717, 1.165) is 55.4 Å². The molecule has 0 saturated carbocycles. The molecule has 0 unspecified atom stereocenters. The highest BCUT2D eigenvalue weighted by atomic mass is 35.5. The van der Waals surface area contributed by atoms with Gasteiger partial charge >= 0.3 is 0 Å². The summed E-state index contributed by atoms with van der Waals surface area (Å²) in [6, 6.07) is 11.3. The summed E-state index contributed by atoms with van der Waals surface area (Å²) in [5.41, 5.74) is 3.24. The molecule has 3 heterocycles. The minimum Gasteiger partial charge on any atom is -0.361 e. The predicted octanol–water partition coefficient (Wildman–Crippen LogP) is 4.03. The van der Waals surface area contributed by atoms with Gasteiger partial charge in [-0.25, -0.2) is 0 Å². The summed E-state index contributed by atoms with van der Waals surface area (Å²) in [5, 5.41) is 10.7. The Morgan fingerprint density at radius 1 is 1.22 bits per heavy atom. The monoisotopic (exact) mass is 482 g/mol. The lowest BCUT2D eigenvalue weighted by Crippen LogP contribution is -2.55. The van der Waals surface area contributed by atoms with Crippen LogP contribution in [0.2, 0.25) is 0 Å². The summed E-state index contributed by atoms with van der Waals surface area (Å²) in [7, 11) is 0. The van der Waals surface area contributed by atoms with Crippen LogP contribution in [0.5, 0.6) is 0 Å². The highest BCUT2D eigenvalue weighted by Crippen LogP contribution is 2.31. The zero-order chi connectivity index (χ0) is 20.9. The van der Waals surface area contributed by atoms with E-state index in [9.17, 15) is 4.79 Å². The third-order valence-electron chi connectivity index (χ3n) is 6.69. The minimum atomic E-state index is 0. The van der Waals surface area contributed by atoms with Gasteiger partial charge in [-0.2, -0.15) is 0 Å². The summed E-state index contributed by atoms with van der Waals surface area (Å²) in [4.78, 5) is 14.9. The van der Waals surface area contributed by atoms with Crippen LogP contribution in [0.4, 0.5) is 0 Å². The third-order valence-corrected chi connectivity index (χ3v) is 6.69. The normalized spacial score (nSPS) is 22.5. The van der Waals surface area contributed by atoms with Crippen molar-refractivity contribution in [3.8, 4) is 0 Å². The van der Waals surface area contributed by atoms with Crippen LogP contribution in [0.15, 0.2) is 34.9 Å². The van der Waals surface area contributed by atoms with Crippen LogP contribution in [-0.4, -0.2) is 41.6 Å². The maximum atomic E-state index is 12.3. The summed E-state index contributed by atoms with van der Waals surface area (Å²) in [6.07, 6.45) is 3.88. The molecule has 0 spiro atoms. The first-order valence-corrected chi connectivity index (χ1v) is 11.3. The Morgan fingerprint density at radius 2 is 2.00 bits per heavy atom. The fourth-order valence-corrected chi connectivity index (χ4v) is 5.09. The van der Waals surface area contributed by atoms with E-state index in [1.807, 2.05) is 13.8 Å². The summed E-state index contributed by atoms with van der Waals surface area (Å²) in [6.45, 7) is 8.78. The Labute approximate surface area is 203 Å². The molecule has 3 atom stereocenters. The van der Waals surface area contributed by atoms with Crippen molar-refractivity contribution < 1.29 is 9.32 Å². The van der Waals surface area contributed by atoms with Gasteiger partial charge in [0.1, 0.15) is 5.76 Å². The van der Waals surface area contributed by atoms with Gasteiger partial charge in [-0.15, -0.1) is 24.8 Å². The molecule has 2 aliphatic rings. The topological polar surface area (TPSA) is 70.4 Å². The van der Waals surface area contributed by atoms with E-state index in [2.05, 4.69) is 51.0 Å². The van der Waals surface area contributed by atoms with E-state index < -0.39 is 0 Å². The molecule has 2 bridgehead atoms. The molecule has 2 fully saturated rings. The Morgan fingerprint density at radius 3 is 2.72 bits per heavy atom. The van der Waals surface area contributed by atoms with Crippen molar-refractivity contribution in [3.63, 3.8) is 0 Å². The lowest BCUT2D eigenvalue weighted by atomic mass is 9.79. The second-order valence-corrected chi connectivity index (χ2v) is 9.03. The Kier molecular flexibility index (Phi) is 10.5. The number of benzene rings is 1. The quantitative estimate of drug-likeness (QED) is 0.594. The number of carbonyl (C=O) groups is 1. The van der Waals surface area contributed by atoms with Gasteiger partial charge in [-0.3, -0.25) is 9.69 Å². The van der Waals surface area contributed by atoms with Crippen LogP contribution >= 0.6 is 24.8 Å². The van der Waals surface area contributed by atoms with Crippen LogP contribution in [0.25, 0.3) is 0 Å². The van der Waals surface area contributed by atoms with Crippen molar-refractivity contribution in [2.24, 2.45) is 11.8 Å². The van der Waals surface area contributed by atoms with E-state index in [4.69, 9.17) is 4.52 Å². The Balaban J connectivity index is 0.00000181. The molecular formula is C24H36Cl2N4O2. The van der Waals surface area contributed by atoms with Gasteiger partial charge in [0.15, 0.2) is 0 Å². The maximum absolute atomic E-state index is 12.3. The number of hydrogen-bond donors (Lipinski definition) is 2. The van der Waals surface area contributed by atoms with Gasteiger partial charge in [0.05, 0.1) is 5.69 Å². The number of nitrogens with one attached hydrogen (secondary N) is 2. The van der Waals surface area contributed by atoms with Crippen LogP contribution in [0, 0.1) is 25.7 Å². The van der Waals surface area contributed by atoms with Gasteiger partial charge < -0.3 is 15.2 Å². The lowest BCUT2D eigenvalue weighted by Gasteiger charge is -2.46. The van der Waals surface area contributed by atoms with Crippen molar-refractivity contribution >= 4 is 30.7 Å². The average Bonchev–Trinajstić information content (AvgIpc) is 3.06. The van der Waals surface area contributed by atoms with E-state index in [1.165, 1.54) is 18.5 Å². The van der Waals surface area contributed by atoms with E-state index in [-0.39, 0.29) is 30.7 Å². The number of rotatable bonds is 8. The number of nitrogens with zero attached hydrogens (tertiary/aromatic N) is 2. The molecule has 0 aliphatic carbocycles. The summed E-state index contributed by atoms with van der Waals surface area (Å²) >= 11 is 0. The zero-order valence-electron chi connectivity index (χ0n) is 19.0. The van der Waals surface area contributed by atoms with E-state index in [1.54, 1.807) is 0 Å². The van der Waals surface area contributed by atoms with E-state index in [0.29, 0.717) is 24.9 Å². The Bertz CT molecular complexity index is 826. The molecule has 2 N–H and O–H groups in total. The zero-order valence-corrected chi connectivity index (χ0v) is 20.6. The first kappa shape index (κ1) is 26.7. The van der Waals surface area contributed by atoms with Crippen LogP contribution in [-0.2, 0) is 17.9 Å². The van der Waals surface area contributed by atoms with E-state index >= 15 is 0 Å². The summed E-state index contributed by atoms with van der Waals surface area (Å²) < 4.78 is 5.16. The standard InChI is InChI=1S/C24H34N4O2.2ClH/c1-17-22(18(2)30-27-17)13-26-24(29)10-6-9-23-21-11-20(12-25-23)15-28(16-21)14-19-7-4-3-5-8-19;;/h3-5,7-8,20-21,23,25H,6,9-16H2,1-2H3,(H,26,29);2*1H/t20-,21+,23+;;/m0../s1.